The molecule has 26 heavy (non-hydrogen) atoms. The Hall–Kier alpha value is -1.86. The number of nitrogens with one attached hydrogen (secondary N) is 1. The number of oxime groups is 1. The van der Waals surface area contributed by atoms with Gasteiger partial charge in [0.05, 0.1) is 18.9 Å². The maximum Gasteiger partial charge on any atom is 0.287 e. The van der Waals surface area contributed by atoms with E-state index in [1.54, 1.807) is 0 Å². The van der Waals surface area contributed by atoms with Crippen molar-refractivity contribution in [1.29, 1.82) is 0 Å². The molecule has 1 aromatic heterocycles. The molecular formula is C19H29N3O4. The zero-order valence-corrected chi connectivity index (χ0v) is 15.9. The van der Waals surface area contributed by atoms with Crippen LogP contribution in [0.5, 0.6) is 0 Å². The van der Waals surface area contributed by atoms with Gasteiger partial charge >= 0.3 is 0 Å². The predicted octanol–water partition coefficient (Wildman–Crippen LogP) is 2.19. The summed E-state index contributed by atoms with van der Waals surface area (Å²) in [6.45, 7) is 11.1. The van der Waals surface area contributed by atoms with Gasteiger partial charge in [-0.05, 0) is 31.7 Å². The second-order valence-electron chi connectivity index (χ2n) is 7.98. The molecule has 1 fully saturated rings. The van der Waals surface area contributed by atoms with Crippen molar-refractivity contribution in [2.75, 3.05) is 39.4 Å². The first-order valence-corrected chi connectivity index (χ1v) is 9.33. The summed E-state index contributed by atoms with van der Waals surface area (Å²) >= 11 is 0. The first kappa shape index (κ1) is 18.9. The lowest BCUT2D eigenvalue weighted by Crippen LogP contribution is -2.38. The molecule has 1 aromatic rings. The van der Waals surface area contributed by atoms with Crippen molar-refractivity contribution in [2.45, 2.75) is 40.0 Å². The number of ether oxygens (including phenoxy) is 1. The topological polar surface area (TPSA) is 87.3 Å². The first-order valence-electron chi connectivity index (χ1n) is 9.33. The van der Waals surface area contributed by atoms with E-state index in [2.05, 4.69) is 29.2 Å². The van der Waals surface area contributed by atoms with Gasteiger partial charge in [-0.1, -0.05) is 19.0 Å². The Bertz CT molecular complexity index is 687. The first-order chi connectivity index (χ1) is 12.4. The Morgan fingerprint density at radius 1 is 1.31 bits per heavy atom. The third-order valence-corrected chi connectivity index (χ3v) is 5.16. The second kappa shape index (κ2) is 7.80. The Labute approximate surface area is 154 Å². The quantitative estimate of drug-likeness (QED) is 0.476. The van der Waals surface area contributed by atoms with Crippen LogP contribution in [0.25, 0.3) is 0 Å². The molecule has 7 nitrogen and oxygen atoms in total. The third-order valence-electron chi connectivity index (χ3n) is 5.16. The van der Waals surface area contributed by atoms with E-state index in [4.69, 9.17) is 9.15 Å². The van der Waals surface area contributed by atoms with Gasteiger partial charge in [-0.25, -0.2) is 0 Å². The lowest BCUT2D eigenvalue weighted by Gasteiger charge is -2.28. The standard InChI is InChI=1S/C19H29N3O4/c1-13-16-14(21-24)11-19(2,3)12-15(16)26-17(13)18(23)20-5-4-6-22-7-9-25-10-8-22/h24H,4-12H2,1-3H3,(H,20,23)/b21-14-. The molecule has 0 aromatic carbocycles. The number of hydrogen-bond acceptors (Lipinski definition) is 6. The van der Waals surface area contributed by atoms with Crippen LogP contribution in [0.1, 0.15) is 54.1 Å². The van der Waals surface area contributed by atoms with Gasteiger partial charge in [0, 0.05) is 37.2 Å². The molecular weight excluding hydrogens is 334 g/mol. The van der Waals surface area contributed by atoms with Gasteiger partial charge in [0.1, 0.15) is 5.76 Å². The van der Waals surface area contributed by atoms with Crippen molar-refractivity contribution in [2.24, 2.45) is 10.6 Å². The van der Waals surface area contributed by atoms with E-state index in [1.807, 2.05) is 6.92 Å². The van der Waals surface area contributed by atoms with Crippen LogP contribution in [-0.4, -0.2) is 61.1 Å². The summed E-state index contributed by atoms with van der Waals surface area (Å²) in [5.74, 6) is 0.874. The molecule has 0 saturated carbocycles. The van der Waals surface area contributed by atoms with Crippen LogP contribution in [0.2, 0.25) is 0 Å². The number of rotatable bonds is 5. The number of amides is 1. The van der Waals surface area contributed by atoms with Crippen LogP contribution in [0.15, 0.2) is 9.57 Å². The van der Waals surface area contributed by atoms with Crippen molar-refractivity contribution in [3.8, 4) is 0 Å². The highest BCUT2D eigenvalue weighted by atomic mass is 16.5. The van der Waals surface area contributed by atoms with Gasteiger partial charge in [0.25, 0.3) is 5.91 Å². The molecule has 7 heteroatoms. The van der Waals surface area contributed by atoms with Crippen molar-refractivity contribution >= 4 is 11.6 Å². The molecule has 0 atom stereocenters. The minimum absolute atomic E-state index is 0.0508. The summed E-state index contributed by atoms with van der Waals surface area (Å²) < 4.78 is 11.2. The van der Waals surface area contributed by atoms with Gasteiger partial charge in [0.15, 0.2) is 5.76 Å². The van der Waals surface area contributed by atoms with Gasteiger partial charge < -0.3 is 19.7 Å². The number of morpholine rings is 1. The summed E-state index contributed by atoms with van der Waals surface area (Å²) in [4.78, 5) is 14.9. The van der Waals surface area contributed by atoms with Crippen molar-refractivity contribution < 1.29 is 19.2 Å². The number of carbonyl (C=O) groups excluding carboxylic acids is 1. The monoisotopic (exact) mass is 363 g/mol. The van der Waals surface area contributed by atoms with E-state index in [1.165, 1.54) is 0 Å². The SMILES string of the molecule is Cc1c(C(=O)NCCCN2CCOCC2)oc2c1/C(=N\O)CC(C)(C)C2. The molecule has 0 bridgehead atoms. The summed E-state index contributed by atoms with van der Waals surface area (Å²) in [7, 11) is 0. The Balaban J connectivity index is 1.61. The molecule has 0 spiro atoms. The Morgan fingerprint density at radius 3 is 2.73 bits per heavy atom. The van der Waals surface area contributed by atoms with Gasteiger partial charge in [-0.2, -0.15) is 0 Å². The maximum atomic E-state index is 12.5. The van der Waals surface area contributed by atoms with Crippen LogP contribution in [0, 0.1) is 12.3 Å². The van der Waals surface area contributed by atoms with Gasteiger partial charge in [-0.3, -0.25) is 9.69 Å². The summed E-state index contributed by atoms with van der Waals surface area (Å²) in [6, 6.07) is 0. The summed E-state index contributed by atoms with van der Waals surface area (Å²) in [5.41, 5.74) is 2.10. The van der Waals surface area contributed by atoms with Gasteiger partial charge in [-0.15, -0.1) is 0 Å². The zero-order chi connectivity index (χ0) is 18.7. The number of furan rings is 1. The van der Waals surface area contributed by atoms with Crippen LogP contribution in [-0.2, 0) is 11.2 Å². The molecule has 2 heterocycles. The van der Waals surface area contributed by atoms with Crippen molar-refractivity contribution in [1.82, 2.24) is 10.2 Å². The normalized spacial score (nSPS) is 21.6. The molecule has 1 amide bonds. The lowest BCUT2D eigenvalue weighted by molar-refractivity contribution is 0.0374. The Morgan fingerprint density at radius 2 is 2.04 bits per heavy atom. The maximum absolute atomic E-state index is 12.5. The highest BCUT2D eigenvalue weighted by Gasteiger charge is 2.36. The molecule has 144 valence electrons. The number of hydrogen-bond donors (Lipinski definition) is 2. The third kappa shape index (κ3) is 4.10. The predicted molar refractivity (Wildman–Crippen MR) is 98.1 cm³/mol. The zero-order valence-electron chi connectivity index (χ0n) is 15.9. The molecule has 1 aliphatic heterocycles. The molecule has 2 aliphatic rings. The highest BCUT2D eigenvalue weighted by molar-refractivity contribution is 6.06. The fourth-order valence-corrected chi connectivity index (χ4v) is 3.83. The Kier molecular flexibility index (Phi) is 5.67. The van der Waals surface area contributed by atoms with Crippen LogP contribution < -0.4 is 5.32 Å². The minimum Gasteiger partial charge on any atom is -0.455 e. The summed E-state index contributed by atoms with van der Waals surface area (Å²) in [5, 5.41) is 15.8. The number of carbonyl (C=O) groups is 1. The number of fused-ring (bicyclic) bond motifs is 1. The molecule has 1 aliphatic carbocycles. The van der Waals surface area contributed by atoms with Crippen LogP contribution >= 0.6 is 0 Å². The average molecular weight is 363 g/mol. The largest absolute Gasteiger partial charge is 0.455 e. The molecule has 1 saturated heterocycles. The second-order valence-corrected chi connectivity index (χ2v) is 7.98. The van der Waals surface area contributed by atoms with E-state index in [0.29, 0.717) is 24.4 Å². The molecule has 0 radical (unpaired) electrons. The van der Waals surface area contributed by atoms with Crippen molar-refractivity contribution in [3.63, 3.8) is 0 Å². The van der Waals surface area contributed by atoms with Gasteiger partial charge in [0.2, 0.25) is 0 Å². The van der Waals surface area contributed by atoms with E-state index in [-0.39, 0.29) is 11.3 Å². The highest BCUT2D eigenvalue weighted by Crippen LogP contribution is 2.38. The smallest absolute Gasteiger partial charge is 0.287 e. The molecule has 0 unspecified atom stereocenters. The summed E-state index contributed by atoms with van der Waals surface area (Å²) in [6.07, 6.45) is 2.28. The van der Waals surface area contributed by atoms with E-state index < -0.39 is 0 Å². The van der Waals surface area contributed by atoms with Crippen LogP contribution in [0.3, 0.4) is 0 Å². The number of nitrogens with zero attached hydrogens (tertiary/aromatic N) is 2. The average Bonchev–Trinajstić information content (AvgIpc) is 2.94. The van der Waals surface area contributed by atoms with Crippen molar-refractivity contribution in [3.05, 3.63) is 22.6 Å². The fourth-order valence-electron chi connectivity index (χ4n) is 3.83. The van der Waals surface area contributed by atoms with E-state index >= 15 is 0 Å². The molecule has 2 N–H and O–H groups in total. The lowest BCUT2D eigenvalue weighted by atomic mass is 9.75. The molecule has 3 rings (SSSR count). The van der Waals surface area contributed by atoms with E-state index in [0.717, 1.165) is 62.6 Å². The minimum atomic E-state index is -0.200. The fraction of sp³-hybridized carbons (Fsp3) is 0.684. The van der Waals surface area contributed by atoms with E-state index in [9.17, 15) is 10.0 Å². The van der Waals surface area contributed by atoms with Crippen LogP contribution in [0.4, 0.5) is 0 Å².